The van der Waals surface area contributed by atoms with Crippen molar-refractivity contribution in [2.75, 3.05) is 25.2 Å². The minimum atomic E-state index is -3.76. The predicted molar refractivity (Wildman–Crippen MR) is 147 cm³/mol. The van der Waals surface area contributed by atoms with Crippen LogP contribution in [0, 0.1) is 5.92 Å². The van der Waals surface area contributed by atoms with Crippen LogP contribution in [0.3, 0.4) is 0 Å². The average Bonchev–Trinajstić information content (AvgIpc) is 3.64. The van der Waals surface area contributed by atoms with Crippen molar-refractivity contribution in [2.45, 2.75) is 36.0 Å². The van der Waals surface area contributed by atoms with Gasteiger partial charge in [0.15, 0.2) is 11.5 Å². The molecule has 1 atom stereocenters. The fraction of sp³-hybridized carbons (Fsp3) is 0.321. The van der Waals surface area contributed by atoms with Gasteiger partial charge in [-0.3, -0.25) is 9.59 Å². The van der Waals surface area contributed by atoms with Crippen molar-refractivity contribution in [2.24, 2.45) is 11.7 Å². The molecule has 39 heavy (non-hydrogen) atoms. The quantitative estimate of drug-likeness (QED) is 0.457. The Labute approximate surface area is 229 Å². The molecule has 2 aromatic carbocycles. The van der Waals surface area contributed by atoms with E-state index in [0.717, 1.165) is 18.4 Å². The van der Waals surface area contributed by atoms with E-state index >= 15 is 0 Å². The second-order valence-corrected chi connectivity index (χ2v) is 12.1. The number of fused-ring (bicyclic) bond motifs is 1. The third kappa shape index (κ3) is 4.72. The van der Waals surface area contributed by atoms with Crippen LogP contribution >= 0.6 is 0 Å². The van der Waals surface area contributed by atoms with Crippen LogP contribution < -0.4 is 20.5 Å². The fourth-order valence-corrected chi connectivity index (χ4v) is 6.73. The summed E-state index contributed by atoms with van der Waals surface area (Å²) in [5, 5.41) is 2.95. The Morgan fingerprint density at radius 1 is 1.05 bits per heavy atom. The van der Waals surface area contributed by atoms with Gasteiger partial charge in [0.05, 0.1) is 21.9 Å². The summed E-state index contributed by atoms with van der Waals surface area (Å²) >= 11 is 0. The van der Waals surface area contributed by atoms with Crippen molar-refractivity contribution in [3.8, 4) is 22.8 Å². The molecule has 0 radical (unpaired) electrons. The van der Waals surface area contributed by atoms with Crippen molar-refractivity contribution < 1.29 is 30.3 Å². The number of pyridine rings is 1. The Morgan fingerprint density at radius 2 is 1.82 bits per heavy atom. The first kappa shape index (κ1) is 25.3. The number of carbonyl (C=O) groups excluding carboxylic acids is 2. The maximum Gasteiger partial charge on any atom is 0.243 e. The first-order valence-corrected chi connectivity index (χ1v) is 14.3. The van der Waals surface area contributed by atoms with E-state index in [1.807, 2.05) is 18.2 Å². The van der Waals surface area contributed by atoms with E-state index in [-0.39, 0.29) is 27.0 Å². The molecule has 1 saturated carbocycles. The van der Waals surface area contributed by atoms with Crippen LogP contribution in [0.1, 0.15) is 34.1 Å². The molecule has 0 bridgehead atoms. The predicted octanol–water partition coefficient (Wildman–Crippen LogP) is 3.53. The van der Waals surface area contributed by atoms with Crippen LogP contribution in [0.15, 0.2) is 65.6 Å². The SMILES string of the molecule is NC(=O)C1CCCN(S(=O)(=O)c2ccc(-c3cccc(NC(=O)C4(c5ccc6c(c5)OCO6)CC4)n3)cc2)C1.[HH].[HH]. The molecule has 1 aromatic heterocycles. The second kappa shape index (κ2) is 9.65. The molecule has 3 N–H and O–H groups in total. The summed E-state index contributed by atoms with van der Waals surface area (Å²) in [6.45, 7) is 0.622. The molecule has 2 aliphatic heterocycles. The molecular weight excluding hydrogens is 520 g/mol. The van der Waals surface area contributed by atoms with Gasteiger partial charge in [-0.15, -0.1) is 0 Å². The van der Waals surface area contributed by atoms with Crippen molar-refractivity contribution in [3.63, 3.8) is 0 Å². The lowest BCUT2D eigenvalue weighted by Gasteiger charge is -2.30. The van der Waals surface area contributed by atoms with Gasteiger partial charge in [0.1, 0.15) is 5.82 Å². The summed E-state index contributed by atoms with van der Waals surface area (Å²) in [4.78, 5) is 29.6. The molecule has 1 aliphatic carbocycles. The summed E-state index contributed by atoms with van der Waals surface area (Å²) in [5.41, 5.74) is 6.96. The normalized spacial score (nSPS) is 19.8. The summed E-state index contributed by atoms with van der Waals surface area (Å²) in [6.07, 6.45) is 2.64. The number of nitrogens with two attached hydrogens (primary N) is 1. The van der Waals surface area contributed by atoms with E-state index in [1.54, 1.807) is 30.3 Å². The zero-order chi connectivity index (χ0) is 27.2. The van der Waals surface area contributed by atoms with Gasteiger partial charge in [-0.25, -0.2) is 13.4 Å². The van der Waals surface area contributed by atoms with Crippen LogP contribution in [-0.2, 0) is 25.0 Å². The van der Waals surface area contributed by atoms with E-state index in [0.29, 0.717) is 48.0 Å². The van der Waals surface area contributed by atoms with Crippen LogP contribution in [0.4, 0.5) is 5.82 Å². The molecule has 1 unspecified atom stereocenters. The van der Waals surface area contributed by atoms with Crippen LogP contribution in [0.2, 0.25) is 0 Å². The largest absolute Gasteiger partial charge is 0.454 e. The summed E-state index contributed by atoms with van der Waals surface area (Å²) in [5.74, 6) is 0.635. The van der Waals surface area contributed by atoms with E-state index in [2.05, 4.69) is 10.3 Å². The minimum Gasteiger partial charge on any atom is -0.454 e. The van der Waals surface area contributed by atoms with Gasteiger partial charge in [-0.05, 0) is 67.6 Å². The third-order valence-corrected chi connectivity index (χ3v) is 9.55. The Morgan fingerprint density at radius 3 is 2.56 bits per heavy atom. The highest BCUT2D eigenvalue weighted by atomic mass is 32.2. The molecule has 10 nitrogen and oxygen atoms in total. The lowest BCUT2D eigenvalue weighted by atomic mass is 9.94. The minimum absolute atomic E-state index is 0. The first-order chi connectivity index (χ1) is 18.8. The Bertz CT molecular complexity index is 1560. The van der Waals surface area contributed by atoms with Gasteiger partial charge in [0.25, 0.3) is 0 Å². The van der Waals surface area contributed by atoms with E-state index in [9.17, 15) is 18.0 Å². The topological polar surface area (TPSA) is 141 Å². The summed E-state index contributed by atoms with van der Waals surface area (Å²) in [7, 11) is -3.76. The maximum atomic E-state index is 13.3. The molecule has 3 heterocycles. The van der Waals surface area contributed by atoms with Crippen LogP contribution in [0.25, 0.3) is 11.3 Å². The molecule has 2 amide bonds. The molecule has 0 spiro atoms. The maximum absolute atomic E-state index is 13.3. The Hall–Kier alpha value is -3.96. The molecule has 3 aliphatic rings. The Kier molecular flexibility index (Phi) is 6.27. The number of anilines is 1. The van der Waals surface area contributed by atoms with Gasteiger partial charge in [0.2, 0.25) is 28.6 Å². The number of rotatable bonds is 7. The van der Waals surface area contributed by atoms with Gasteiger partial charge in [0, 0.05) is 21.5 Å². The molecule has 206 valence electrons. The van der Waals surface area contributed by atoms with Crippen molar-refractivity contribution in [3.05, 3.63) is 66.2 Å². The van der Waals surface area contributed by atoms with Crippen molar-refractivity contribution in [1.82, 2.24) is 9.29 Å². The third-order valence-electron chi connectivity index (χ3n) is 7.67. The number of hydrogen-bond donors (Lipinski definition) is 2. The number of sulfonamides is 1. The monoisotopic (exact) mass is 552 g/mol. The van der Waals surface area contributed by atoms with Crippen LogP contribution in [0.5, 0.6) is 11.5 Å². The number of piperidine rings is 1. The molecule has 1 saturated heterocycles. The van der Waals surface area contributed by atoms with Crippen molar-refractivity contribution in [1.29, 1.82) is 0 Å². The highest BCUT2D eigenvalue weighted by Crippen LogP contribution is 2.51. The number of aromatic nitrogens is 1. The summed E-state index contributed by atoms with van der Waals surface area (Å²) in [6, 6.07) is 17.3. The lowest BCUT2D eigenvalue weighted by molar-refractivity contribution is -0.122. The number of primary amides is 1. The smallest absolute Gasteiger partial charge is 0.243 e. The number of carbonyl (C=O) groups is 2. The molecule has 3 aromatic rings. The number of nitrogens with zero attached hydrogens (tertiary/aromatic N) is 2. The fourth-order valence-electron chi connectivity index (χ4n) is 5.21. The van der Waals surface area contributed by atoms with E-state index < -0.39 is 27.3 Å². The number of hydrogen-bond acceptors (Lipinski definition) is 7. The number of nitrogens with one attached hydrogen (secondary N) is 1. The Balaban J connectivity index is 0.00000194. The average molecular weight is 553 g/mol. The number of ether oxygens (including phenoxy) is 2. The molecule has 11 heteroatoms. The zero-order valence-corrected chi connectivity index (χ0v) is 21.9. The first-order valence-electron chi connectivity index (χ1n) is 12.8. The standard InChI is InChI=1S/C28H28N4O6S.2H2/c29-26(33)19-3-2-14-32(16-19)39(35,36)21-9-6-18(7-10-21)22-4-1-5-25(30-22)31-27(34)28(12-13-28)20-8-11-23-24(15-20)38-17-37-23;;/h1,4-11,15,19H,2-3,12-14,16-17H2,(H2,29,33)(H,30,31,34);2*1H. The van der Waals surface area contributed by atoms with Gasteiger partial charge < -0.3 is 20.5 Å². The second-order valence-electron chi connectivity index (χ2n) is 10.1. The van der Waals surface area contributed by atoms with Gasteiger partial charge >= 0.3 is 0 Å². The summed E-state index contributed by atoms with van der Waals surface area (Å²) < 4.78 is 38.5. The molecule has 2 fully saturated rings. The zero-order valence-electron chi connectivity index (χ0n) is 21.1. The van der Waals surface area contributed by atoms with E-state index in [4.69, 9.17) is 15.2 Å². The van der Waals surface area contributed by atoms with Crippen LogP contribution in [-0.4, -0.2) is 49.4 Å². The highest BCUT2D eigenvalue weighted by molar-refractivity contribution is 7.89. The lowest BCUT2D eigenvalue weighted by Crippen LogP contribution is -2.44. The number of benzene rings is 2. The molecule has 6 rings (SSSR count). The highest BCUT2D eigenvalue weighted by Gasteiger charge is 2.51. The van der Waals surface area contributed by atoms with Crippen molar-refractivity contribution >= 4 is 27.7 Å². The van der Waals surface area contributed by atoms with Gasteiger partial charge in [-0.1, -0.05) is 24.3 Å². The van der Waals surface area contributed by atoms with Gasteiger partial charge in [-0.2, -0.15) is 4.31 Å². The molecular formula is C28H32N4O6S. The van der Waals surface area contributed by atoms with E-state index in [1.165, 1.54) is 16.4 Å². The number of amides is 2.